The number of benzene rings is 1. The van der Waals surface area contributed by atoms with E-state index in [2.05, 4.69) is 46.9 Å². The van der Waals surface area contributed by atoms with Crippen LogP contribution in [0, 0.1) is 0 Å². The molecule has 2 aromatic rings. The minimum Gasteiger partial charge on any atom is -0.316 e. The fourth-order valence-corrected chi connectivity index (χ4v) is 3.37. The Labute approximate surface area is 120 Å². The van der Waals surface area contributed by atoms with E-state index in [0.29, 0.717) is 12.0 Å². The molecule has 20 heavy (non-hydrogen) atoms. The molecule has 1 heterocycles. The molecule has 0 bridgehead atoms. The molecular weight excluding hydrogens is 248 g/mol. The van der Waals surface area contributed by atoms with E-state index in [0.717, 1.165) is 12.1 Å². The molecule has 1 aliphatic rings. The average molecular weight is 270 g/mol. The lowest BCUT2D eigenvalue weighted by Gasteiger charge is -2.32. The molecule has 0 spiro atoms. The van der Waals surface area contributed by atoms with Crippen LogP contribution >= 0.6 is 0 Å². The van der Waals surface area contributed by atoms with E-state index in [1.807, 2.05) is 13.2 Å². The lowest BCUT2D eigenvalue weighted by Crippen LogP contribution is -2.36. The molecule has 1 aromatic carbocycles. The van der Waals surface area contributed by atoms with Gasteiger partial charge in [-0.3, -0.25) is 4.68 Å². The minimum absolute atomic E-state index is 0.424. The predicted molar refractivity (Wildman–Crippen MR) is 79.7 cm³/mol. The molecule has 0 saturated carbocycles. The lowest BCUT2D eigenvalue weighted by atomic mass is 9.77. The summed E-state index contributed by atoms with van der Waals surface area (Å²) in [6.07, 6.45) is 6.69. The summed E-state index contributed by atoms with van der Waals surface area (Å²) in [5, 5.41) is 11.8. The summed E-state index contributed by atoms with van der Waals surface area (Å²) in [6, 6.07) is 9.30. The number of aromatic nitrogens is 3. The van der Waals surface area contributed by atoms with Crippen LogP contribution in [0.4, 0.5) is 0 Å². The van der Waals surface area contributed by atoms with Gasteiger partial charge in [0.15, 0.2) is 0 Å². The van der Waals surface area contributed by atoms with Crippen molar-refractivity contribution < 1.29 is 0 Å². The molecule has 2 unspecified atom stereocenters. The van der Waals surface area contributed by atoms with Crippen LogP contribution in [0.3, 0.4) is 0 Å². The highest BCUT2D eigenvalue weighted by atomic mass is 15.4. The van der Waals surface area contributed by atoms with Crippen molar-refractivity contribution in [2.24, 2.45) is 7.05 Å². The van der Waals surface area contributed by atoms with Crippen molar-refractivity contribution in [3.63, 3.8) is 0 Å². The third-order valence-electron chi connectivity index (χ3n) is 4.35. The van der Waals surface area contributed by atoms with Gasteiger partial charge >= 0.3 is 0 Å². The number of rotatable bonds is 4. The topological polar surface area (TPSA) is 42.7 Å². The normalized spacial score (nSPS) is 19.6. The number of likely N-dealkylation sites (N-methyl/N-ethyl adjacent to an activating group) is 1. The summed E-state index contributed by atoms with van der Waals surface area (Å²) in [7, 11) is 3.97. The third-order valence-corrected chi connectivity index (χ3v) is 4.35. The van der Waals surface area contributed by atoms with Crippen LogP contribution < -0.4 is 5.32 Å². The minimum atomic E-state index is 0.424. The van der Waals surface area contributed by atoms with Crippen LogP contribution in [0.2, 0.25) is 0 Å². The van der Waals surface area contributed by atoms with Gasteiger partial charge in [-0.1, -0.05) is 29.5 Å². The standard InChI is InChI=1S/C16H22N4/c1-17-16(10-13-11-20(2)19-18-13)15-9-5-7-12-6-3-4-8-14(12)15/h3-4,6,8,11,15-17H,5,7,9-10H2,1-2H3. The van der Waals surface area contributed by atoms with Gasteiger partial charge in [0.1, 0.15) is 0 Å². The Bertz CT molecular complexity index is 575. The van der Waals surface area contributed by atoms with Crippen LogP contribution in [0.5, 0.6) is 0 Å². The molecule has 0 amide bonds. The largest absolute Gasteiger partial charge is 0.316 e. The van der Waals surface area contributed by atoms with E-state index in [4.69, 9.17) is 0 Å². The van der Waals surface area contributed by atoms with Crippen LogP contribution in [0.1, 0.15) is 35.6 Å². The fraction of sp³-hybridized carbons (Fsp3) is 0.500. The van der Waals surface area contributed by atoms with Crippen LogP contribution in [-0.2, 0) is 19.9 Å². The molecule has 1 aliphatic carbocycles. The van der Waals surface area contributed by atoms with Crippen LogP contribution in [0.15, 0.2) is 30.5 Å². The molecule has 2 atom stereocenters. The molecule has 0 saturated heterocycles. The van der Waals surface area contributed by atoms with E-state index < -0.39 is 0 Å². The van der Waals surface area contributed by atoms with Gasteiger partial charge in [-0.25, -0.2) is 0 Å². The summed E-state index contributed by atoms with van der Waals surface area (Å²) in [5.41, 5.74) is 4.10. The molecule has 1 N–H and O–H groups in total. The number of hydrogen-bond donors (Lipinski definition) is 1. The van der Waals surface area contributed by atoms with Crippen molar-refractivity contribution in [3.05, 3.63) is 47.3 Å². The van der Waals surface area contributed by atoms with Gasteiger partial charge in [-0.05, 0) is 43.4 Å². The van der Waals surface area contributed by atoms with E-state index in [9.17, 15) is 0 Å². The lowest BCUT2D eigenvalue weighted by molar-refractivity contribution is 0.408. The summed E-state index contributed by atoms with van der Waals surface area (Å²) < 4.78 is 1.77. The summed E-state index contributed by atoms with van der Waals surface area (Å²) in [5.74, 6) is 0.576. The molecular formula is C16H22N4. The molecule has 106 valence electrons. The maximum absolute atomic E-state index is 4.23. The smallest absolute Gasteiger partial charge is 0.0842 e. The highest BCUT2D eigenvalue weighted by Crippen LogP contribution is 2.34. The second kappa shape index (κ2) is 5.75. The second-order valence-electron chi connectivity index (χ2n) is 5.68. The Morgan fingerprint density at radius 3 is 3.00 bits per heavy atom. The van der Waals surface area contributed by atoms with Crippen LogP contribution in [0.25, 0.3) is 0 Å². The third kappa shape index (κ3) is 2.61. The second-order valence-corrected chi connectivity index (χ2v) is 5.68. The van der Waals surface area contributed by atoms with E-state index in [1.165, 1.54) is 30.4 Å². The fourth-order valence-electron chi connectivity index (χ4n) is 3.37. The first kappa shape index (κ1) is 13.3. The van der Waals surface area contributed by atoms with Gasteiger partial charge in [0.05, 0.1) is 5.69 Å². The number of hydrogen-bond acceptors (Lipinski definition) is 3. The molecule has 0 radical (unpaired) electrons. The first-order chi connectivity index (χ1) is 9.78. The van der Waals surface area contributed by atoms with Gasteiger partial charge in [0, 0.05) is 25.7 Å². The Morgan fingerprint density at radius 1 is 1.40 bits per heavy atom. The predicted octanol–water partition coefficient (Wildman–Crippen LogP) is 2.07. The van der Waals surface area contributed by atoms with Gasteiger partial charge in [0.25, 0.3) is 0 Å². The van der Waals surface area contributed by atoms with Crippen molar-refractivity contribution >= 4 is 0 Å². The summed E-state index contributed by atoms with van der Waals surface area (Å²) in [4.78, 5) is 0. The van der Waals surface area contributed by atoms with Gasteiger partial charge < -0.3 is 5.32 Å². The Morgan fingerprint density at radius 2 is 2.25 bits per heavy atom. The SMILES string of the molecule is CNC(Cc1cn(C)nn1)C1CCCc2ccccc21. The monoisotopic (exact) mass is 270 g/mol. The highest BCUT2D eigenvalue weighted by Gasteiger charge is 2.27. The van der Waals surface area contributed by atoms with Gasteiger partial charge in [-0.15, -0.1) is 5.10 Å². The Kier molecular flexibility index (Phi) is 3.83. The zero-order valence-electron chi connectivity index (χ0n) is 12.2. The number of fused-ring (bicyclic) bond motifs is 1. The van der Waals surface area contributed by atoms with Crippen molar-refractivity contribution in [1.82, 2.24) is 20.3 Å². The first-order valence-corrected chi connectivity index (χ1v) is 7.38. The van der Waals surface area contributed by atoms with Crippen molar-refractivity contribution in [2.45, 2.75) is 37.6 Å². The van der Waals surface area contributed by atoms with Gasteiger partial charge in [-0.2, -0.15) is 0 Å². The van der Waals surface area contributed by atoms with Gasteiger partial charge in [0.2, 0.25) is 0 Å². The molecule has 3 rings (SSSR count). The zero-order valence-corrected chi connectivity index (χ0v) is 12.2. The Hall–Kier alpha value is -1.68. The maximum Gasteiger partial charge on any atom is 0.0842 e. The zero-order chi connectivity index (χ0) is 13.9. The molecule has 4 heteroatoms. The Balaban J connectivity index is 1.83. The molecule has 0 fully saturated rings. The number of aryl methyl sites for hydroxylation is 2. The molecule has 0 aliphatic heterocycles. The van der Waals surface area contributed by atoms with E-state index >= 15 is 0 Å². The van der Waals surface area contributed by atoms with Crippen LogP contribution in [-0.4, -0.2) is 28.1 Å². The first-order valence-electron chi connectivity index (χ1n) is 7.38. The molecule has 1 aromatic heterocycles. The highest BCUT2D eigenvalue weighted by molar-refractivity contribution is 5.34. The van der Waals surface area contributed by atoms with E-state index in [1.54, 1.807) is 4.68 Å². The maximum atomic E-state index is 4.23. The quantitative estimate of drug-likeness (QED) is 0.925. The van der Waals surface area contributed by atoms with Crippen molar-refractivity contribution in [1.29, 1.82) is 0 Å². The molecule has 4 nitrogen and oxygen atoms in total. The average Bonchev–Trinajstić information content (AvgIpc) is 2.89. The number of nitrogens with zero attached hydrogens (tertiary/aromatic N) is 3. The summed E-state index contributed by atoms with van der Waals surface area (Å²) >= 11 is 0. The van der Waals surface area contributed by atoms with Crippen molar-refractivity contribution in [2.75, 3.05) is 7.05 Å². The number of nitrogens with one attached hydrogen (secondary N) is 1. The summed E-state index contributed by atoms with van der Waals surface area (Å²) in [6.45, 7) is 0. The van der Waals surface area contributed by atoms with Crippen molar-refractivity contribution in [3.8, 4) is 0 Å². The van der Waals surface area contributed by atoms with E-state index in [-0.39, 0.29) is 0 Å².